The van der Waals surface area contributed by atoms with Crippen molar-refractivity contribution in [2.24, 2.45) is 0 Å². The van der Waals surface area contributed by atoms with E-state index in [1.807, 2.05) is 0 Å². The molecule has 0 fully saturated rings. The van der Waals surface area contributed by atoms with Crippen LogP contribution in [-0.2, 0) is 0 Å². The van der Waals surface area contributed by atoms with Crippen LogP contribution >= 0.6 is 0 Å². The lowest BCUT2D eigenvalue weighted by molar-refractivity contribution is 0.545. The van der Waals surface area contributed by atoms with Crippen LogP contribution in [0.2, 0.25) is 48.4 Å². The van der Waals surface area contributed by atoms with E-state index in [2.05, 4.69) is 13.1 Å². The van der Waals surface area contributed by atoms with E-state index in [1.165, 1.54) is 43.4 Å². The third kappa shape index (κ3) is 9.65. The molecule has 2 unspecified atom stereocenters. The van der Waals surface area contributed by atoms with E-state index in [0.29, 0.717) is 52.5 Å². The third-order valence-corrected chi connectivity index (χ3v) is 18.3. The highest BCUT2D eigenvalue weighted by Gasteiger charge is 2.36. The van der Waals surface area contributed by atoms with Crippen LogP contribution in [0, 0.1) is 0 Å². The predicted octanol–water partition coefficient (Wildman–Crippen LogP) is 10.3. The first kappa shape index (κ1) is 18.2. The van der Waals surface area contributed by atoms with E-state index in [9.17, 15) is 0 Å². The maximum atomic E-state index is 7.72. The van der Waals surface area contributed by atoms with Gasteiger partial charge in [-0.15, -0.1) is 0 Å². The maximum absolute atomic E-state index is 7.72. The minimum atomic E-state index is -1.53. The Morgan fingerprint density at radius 3 is 1.15 bits per heavy atom. The van der Waals surface area contributed by atoms with Crippen molar-refractivity contribution >= 4 is 16.1 Å². The fraction of sp³-hybridized carbons (Fsp3) is 1.00. The van der Waals surface area contributed by atoms with Crippen molar-refractivity contribution in [3.63, 3.8) is 0 Å². The SMILES string of the molecule is [3H]CCCC(CCCC(CCC[3H])[Si](C)(CCC[3H])CCC[3H])[Si](C)(CCC[3H])CCC[3H]. The third-order valence-electron chi connectivity index (χ3n) is 7.17. The van der Waals surface area contributed by atoms with Crippen LogP contribution in [0.15, 0.2) is 0 Å². The van der Waals surface area contributed by atoms with Gasteiger partial charge < -0.3 is 0 Å². The summed E-state index contributed by atoms with van der Waals surface area (Å²) < 4.78 is 46.2. The summed E-state index contributed by atoms with van der Waals surface area (Å²) in [5, 5.41) is 0. The van der Waals surface area contributed by atoms with Gasteiger partial charge in [-0.1, -0.05) is 149 Å². The van der Waals surface area contributed by atoms with Crippen LogP contribution in [0.1, 0.15) is 120 Å². The molecule has 0 saturated heterocycles. The molecule has 0 spiro atoms. The lowest BCUT2D eigenvalue weighted by Crippen LogP contribution is -2.37. The second-order valence-electron chi connectivity index (χ2n) is 9.33. The topological polar surface area (TPSA) is 0 Å². The molecule has 0 heterocycles. The van der Waals surface area contributed by atoms with Crippen LogP contribution < -0.4 is 0 Å². The molecule has 0 bridgehead atoms. The van der Waals surface area contributed by atoms with Crippen LogP contribution in [0.5, 0.6) is 0 Å². The molecular weight excluding hydrogens is 356 g/mol. The van der Waals surface area contributed by atoms with Crippen molar-refractivity contribution < 1.29 is 8.22 Å². The quantitative estimate of drug-likeness (QED) is 0.192. The summed E-state index contributed by atoms with van der Waals surface area (Å²) in [5.74, 6) is 0. The molecule has 0 radical (unpaired) electrons. The lowest BCUT2D eigenvalue weighted by Gasteiger charge is -2.39. The van der Waals surface area contributed by atoms with Gasteiger partial charge in [-0.25, -0.2) is 0 Å². The molecule has 0 amide bonds. The number of rotatable bonds is 18. The largest absolute Gasteiger partial charge is 0.0689 e. The zero-order valence-electron chi connectivity index (χ0n) is 25.0. The second-order valence-corrected chi connectivity index (χ2v) is 19.6. The van der Waals surface area contributed by atoms with Gasteiger partial charge >= 0.3 is 0 Å². The highest BCUT2D eigenvalue weighted by molar-refractivity contribution is 6.80. The molecule has 27 heavy (non-hydrogen) atoms. The van der Waals surface area contributed by atoms with Crippen LogP contribution in [0.4, 0.5) is 0 Å². The first-order chi connectivity index (χ1) is 15.9. The maximum Gasteiger partial charge on any atom is 0.0535 e. The zero-order valence-corrected chi connectivity index (χ0v) is 21.0. The van der Waals surface area contributed by atoms with Crippen LogP contribution in [0.25, 0.3) is 0 Å². The Kier molecular flexibility index (Phi) is 10.3. The summed E-state index contributed by atoms with van der Waals surface area (Å²) in [7, 11) is -3.07. The summed E-state index contributed by atoms with van der Waals surface area (Å²) in [6.45, 7) is 8.14. The van der Waals surface area contributed by atoms with Gasteiger partial charge in [0, 0.05) is 8.22 Å². The molecule has 0 aliphatic heterocycles. The molecule has 0 aromatic heterocycles. The molecule has 0 aromatic rings. The molecular formula is C25H56Si2. The van der Waals surface area contributed by atoms with Gasteiger partial charge in [0.25, 0.3) is 0 Å². The summed E-state index contributed by atoms with van der Waals surface area (Å²) >= 11 is 0. The summed E-state index contributed by atoms with van der Waals surface area (Å²) in [6.07, 6.45) is 12.0. The predicted molar refractivity (Wildman–Crippen MR) is 135 cm³/mol. The van der Waals surface area contributed by atoms with Crippen molar-refractivity contribution in [3.05, 3.63) is 0 Å². The highest BCUT2D eigenvalue weighted by Crippen LogP contribution is 2.43. The van der Waals surface area contributed by atoms with Gasteiger partial charge in [0.1, 0.15) is 0 Å². The minimum Gasteiger partial charge on any atom is -0.0689 e. The van der Waals surface area contributed by atoms with Crippen molar-refractivity contribution in [1.29, 1.82) is 0 Å². The Morgan fingerprint density at radius 1 is 0.519 bits per heavy atom. The van der Waals surface area contributed by atoms with Crippen molar-refractivity contribution in [2.45, 2.75) is 160 Å². The Bertz CT molecular complexity index is 387. The van der Waals surface area contributed by atoms with Crippen molar-refractivity contribution in [2.75, 3.05) is 0 Å². The average Bonchev–Trinajstić information content (AvgIpc) is 2.82. The Hall–Kier alpha value is 0.434. The Labute approximate surface area is 185 Å². The molecule has 164 valence electrons. The molecule has 0 rings (SSSR count). The van der Waals surface area contributed by atoms with Gasteiger partial charge in [0.2, 0.25) is 0 Å². The van der Waals surface area contributed by atoms with E-state index < -0.39 is 16.1 Å². The van der Waals surface area contributed by atoms with E-state index in [4.69, 9.17) is 8.22 Å². The number of hydrogen-bond donors (Lipinski definition) is 0. The average molecular weight is 425 g/mol. The first-order valence-electron chi connectivity index (χ1n) is 15.9. The summed E-state index contributed by atoms with van der Waals surface area (Å²) in [4.78, 5) is 0. The molecule has 0 aliphatic rings. The van der Waals surface area contributed by atoms with Gasteiger partial charge in [-0.2, -0.15) is 0 Å². The molecule has 0 aromatic carbocycles. The molecule has 2 atom stereocenters. The van der Waals surface area contributed by atoms with E-state index in [-0.39, 0.29) is 0 Å². The van der Waals surface area contributed by atoms with Gasteiger partial charge in [0.05, 0.1) is 16.1 Å². The molecule has 0 N–H and O–H groups in total. The van der Waals surface area contributed by atoms with Gasteiger partial charge in [0.15, 0.2) is 0 Å². The van der Waals surface area contributed by atoms with Crippen LogP contribution in [-0.4, -0.2) is 16.1 Å². The normalized spacial score (nSPS) is 18.0. The Morgan fingerprint density at radius 2 is 0.852 bits per heavy atom. The monoisotopic (exact) mass is 424 g/mol. The van der Waals surface area contributed by atoms with E-state index >= 15 is 0 Å². The smallest absolute Gasteiger partial charge is 0.0535 e. The number of hydrogen-bond acceptors (Lipinski definition) is 0. The second kappa shape index (κ2) is 15.3. The van der Waals surface area contributed by atoms with Crippen molar-refractivity contribution in [1.82, 2.24) is 0 Å². The van der Waals surface area contributed by atoms with E-state index in [1.54, 1.807) is 0 Å². The van der Waals surface area contributed by atoms with E-state index in [0.717, 1.165) is 51.4 Å². The molecule has 0 aliphatic carbocycles. The zero-order chi connectivity index (χ0) is 25.0. The molecule has 0 saturated carbocycles. The fourth-order valence-corrected chi connectivity index (χ4v) is 14.4. The Balaban J connectivity index is 5.41. The lowest BCUT2D eigenvalue weighted by atomic mass is 10.1. The fourth-order valence-electron chi connectivity index (χ4n) is 5.47. The van der Waals surface area contributed by atoms with Gasteiger partial charge in [-0.3, -0.25) is 0 Å². The standard InChI is InChI=1S/C25H56Si2/c1-9-16-24(26(7,20-11-3)21-12-4)18-15-19-25(17-10-2)27(8,22-13-5)23-14-6/h24-25H,9-23H2,1-8H3/i1T,2T,3T,4T,5T,6T. The summed E-state index contributed by atoms with van der Waals surface area (Å²) in [6, 6.07) is 4.84. The first-order valence-corrected chi connectivity index (χ1v) is 17.6. The van der Waals surface area contributed by atoms with Crippen LogP contribution in [0.3, 0.4) is 0 Å². The molecule has 0 nitrogen and oxygen atoms in total. The van der Waals surface area contributed by atoms with Gasteiger partial charge in [-0.05, 0) is 11.1 Å². The summed E-state index contributed by atoms with van der Waals surface area (Å²) in [5.41, 5.74) is 1.43. The minimum absolute atomic E-state index is 0.509. The van der Waals surface area contributed by atoms with Crippen molar-refractivity contribution in [3.8, 4) is 0 Å². The molecule has 2 heteroatoms. The highest BCUT2D eigenvalue weighted by atomic mass is 28.3.